The molecule has 40 heavy (non-hydrogen) atoms. The molecular weight excluding hydrogens is 545 g/mol. The summed E-state index contributed by atoms with van der Waals surface area (Å²) in [5.41, 5.74) is 1.62. The second-order valence-electron chi connectivity index (χ2n) is 8.52. The van der Waals surface area contributed by atoms with E-state index in [2.05, 4.69) is 6.58 Å². The lowest BCUT2D eigenvalue weighted by atomic mass is 10.0. The largest absolute Gasteiger partial charge is 0.493 e. The monoisotopic (exact) mass is 568 g/mol. The van der Waals surface area contributed by atoms with Crippen LogP contribution in [0.3, 0.4) is 0 Å². The summed E-state index contributed by atoms with van der Waals surface area (Å²) in [6.07, 6.45) is 3.61. The van der Waals surface area contributed by atoms with Crippen LogP contribution in [-0.4, -0.2) is 35.6 Å². The van der Waals surface area contributed by atoms with Gasteiger partial charge in [0.15, 0.2) is 29.0 Å². The molecular formula is C29H23F3N2O5S. The molecule has 1 heterocycles. The van der Waals surface area contributed by atoms with Crippen LogP contribution in [0.2, 0.25) is 0 Å². The van der Waals surface area contributed by atoms with E-state index in [9.17, 15) is 27.6 Å². The Hall–Kier alpha value is -4.51. The van der Waals surface area contributed by atoms with Gasteiger partial charge in [0, 0.05) is 5.56 Å². The first-order valence-electron chi connectivity index (χ1n) is 11.9. The zero-order valence-electron chi connectivity index (χ0n) is 21.2. The van der Waals surface area contributed by atoms with Gasteiger partial charge in [0.25, 0.3) is 11.1 Å². The van der Waals surface area contributed by atoms with Gasteiger partial charge in [-0.05, 0) is 59.7 Å². The van der Waals surface area contributed by atoms with Crippen molar-refractivity contribution in [3.63, 3.8) is 0 Å². The molecule has 0 saturated carbocycles. The molecule has 3 amide bonds. The number of methoxy groups -OCH3 is 1. The number of thioether (sulfide) groups is 1. The molecule has 0 unspecified atom stereocenters. The van der Waals surface area contributed by atoms with Crippen LogP contribution >= 0.6 is 11.8 Å². The van der Waals surface area contributed by atoms with Crippen LogP contribution in [0.4, 0.5) is 23.7 Å². The van der Waals surface area contributed by atoms with Crippen LogP contribution in [0, 0.1) is 17.5 Å². The summed E-state index contributed by atoms with van der Waals surface area (Å²) >= 11 is 0.620. The summed E-state index contributed by atoms with van der Waals surface area (Å²) in [6, 6.07) is 14.5. The van der Waals surface area contributed by atoms with Gasteiger partial charge in [-0.15, -0.1) is 6.58 Å². The van der Waals surface area contributed by atoms with Crippen molar-refractivity contribution in [2.24, 2.45) is 0 Å². The van der Waals surface area contributed by atoms with Crippen molar-refractivity contribution in [1.29, 1.82) is 0 Å². The third-order valence-corrected chi connectivity index (χ3v) is 6.65. The molecule has 1 fully saturated rings. The molecule has 3 aromatic carbocycles. The first-order valence-corrected chi connectivity index (χ1v) is 12.7. The molecule has 0 aliphatic carbocycles. The number of benzene rings is 3. The minimum Gasteiger partial charge on any atom is -0.493 e. The summed E-state index contributed by atoms with van der Waals surface area (Å²) in [5, 5.41) is 1.32. The number of hydrogen-bond acceptors (Lipinski definition) is 6. The maximum absolute atomic E-state index is 13.9. The maximum Gasteiger partial charge on any atom is 0.294 e. The molecule has 0 radical (unpaired) electrons. The van der Waals surface area contributed by atoms with E-state index in [1.54, 1.807) is 18.2 Å². The van der Waals surface area contributed by atoms with E-state index >= 15 is 0 Å². The van der Waals surface area contributed by atoms with E-state index < -0.39 is 46.7 Å². The van der Waals surface area contributed by atoms with E-state index in [4.69, 9.17) is 9.47 Å². The van der Waals surface area contributed by atoms with Crippen molar-refractivity contribution in [2.75, 3.05) is 19.0 Å². The third kappa shape index (κ3) is 6.37. The molecule has 0 spiro atoms. The molecule has 1 N–H and O–H groups in total. The number of carbonyl (C=O) groups is 3. The first-order chi connectivity index (χ1) is 19.2. The Kier molecular flexibility index (Phi) is 8.95. The van der Waals surface area contributed by atoms with Crippen LogP contribution < -0.4 is 14.8 Å². The minimum atomic E-state index is -1.75. The van der Waals surface area contributed by atoms with Gasteiger partial charge in [-0.1, -0.05) is 36.4 Å². The lowest BCUT2D eigenvalue weighted by Gasteiger charge is -2.16. The Labute approximate surface area is 232 Å². The third-order valence-electron chi connectivity index (χ3n) is 5.75. The summed E-state index contributed by atoms with van der Waals surface area (Å²) in [4.78, 5) is 38.5. The number of allylic oxidation sites excluding steroid dienone is 1. The topological polar surface area (TPSA) is 84.9 Å². The highest BCUT2D eigenvalue weighted by Crippen LogP contribution is 2.37. The highest BCUT2D eigenvalue weighted by Gasteiger charge is 2.36. The lowest BCUT2D eigenvalue weighted by molar-refractivity contribution is -0.127. The number of carbonyl (C=O) groups excluding carboxylic acids is 3. The van der Waals surface area contributed by atoms with Crippen molar-refractivity contribution >= 4 is 40.6 Å². The van der Waals surface area contributed by atoms with Crippen molar-refractivity contribution in [1.82, 2.24) is 4.90 Å². The van der Waals surface area contributed by atoms with Gasteiger partial charge < -0.3 is 14.8 Å². The fraction of sp³-hybridized carbons (Fsp3) is 0.138. The summed E-state index contributed by atoms with van der Waals surface area (Å²) < 4.78 is 52.1. The van der Waals surface area contributed by atoms with Gasteiger partial charge in [-0.2, -0.15) is 0 Å². The molecule has 4 rings (SSSR count). The lowest BCUT2D eigenvalue weighted by Crippen LogP contribution is -2.36. The maximum atomic E-state index is 13.9. The predicted octanol–water partition coefficient (Wildman–Crippen LogP) is 6.10. The van der Waals surface area contributed by atoms with Gasteiger partial charge in [-0.3, -0.25) is 19.3 Å². The molecule has 11 heteroatoms. The molecule has 0 bridgehead atoms. The number of halogens is 3. The Morgan fingerprint density at radius 3 is 2.52 bits per heavy atom. The van der Waals surface area contributed by atoms with Crippen molar-refractivity contribution < 1.29 is 37.0 Å². The standard InChI is InChI=1S/C29H23F3N2O5S/c1-3-7-19-12-18(13-22(38-2)27(19)39-16-17-8-5-4-6-9-17)14-23-28(36)34(29(37)40-23)15-24(35)33-21-11-10-20(30)25(31)26(21)32/h3-6,8-14H,1,7,15-16H2,2H3,(H,33,35)/b23-14-. The number of anilines is 1. The van der Waals surface area contributed by atoms with Crippen LogP contribution in [0.5, 0.6) is 11.5 Å². The molecule has 1 saturated heterocycles. The Morgan fingerprint density at radius 2 is 1.82 bits per heavy atom. The van der Waals surface area contributed by atoms with Crippen LogP contribution in [0.25, 0.3) is 6.08 Å². The average molecular weight is 569 g/mol. The normalized spacial score (nSPS) is 14.0. The van der Waals surface area contributed by atoms with Gasteiger partial charge in [0.1, 0.15) is 13.2 Å². The predicted molar refractivity (Wildman–Crippen MR) is 145 cm³/mol. The Balaban J connectivity index is 1.52. The SMILES string of the molecule is C=CCc1cc(/C=C2\SC(=O)N(CC(=O)Nc3ccc(F)c(F)c3F)C2=O)cc(OC)c1OCc1ccccc1. The molecule has 7 nitrogen and oxygen atoms in total. The number of nitrogens with zero attached hydrogens (tertiary/aromatic N) is 1. The van der Waals surface area contributed by atoms with Gasteiger partial charge >= 0.3 is 0 Å². The van der Waals surface area contributed by atoms with E-state index in [0.717, 1.165) is 17.2 Å². The number of hydrogen-bond donors (Lipinski definition) is 1. The Morgan fingerprint density at radius 1 is 1.07 bits per heavy atom. The molecule has 0 atom stereocenters. The first kappa shape index (κ1) is 28.5. The van der Waals surface area contributed by atoms with Gasteiger partial charge in [0.2, 0.25) is 5.91 Å². The zero-order valence-corrected chi connectivity index (χ0v) is 22.0. The molecule has 206 valence electrons. The summed E-state index contributed by atoms with van der Waals surface area (Å²) in [7, 11) is 1.48. The quantitative estimate of drug-likeness (QED) is 0.181. The molecule has 1 aliphatic rings. The summed E-state index contributed by atoms with van der Waals surface area (Å²) in [6.45, 7) is 3.34. The highest BCUT2D eigenvalue weighted by molar-refractivity contribution is 8.18. The van der Waals surface area contributed by atoms with E-state index in [0.29, 0.717) is 52.8 Å². The van der Waals surface area contributed by atoms with Crippen LogP contribution in [0.15, 0.2) is 72.2 Å². The average Bonchev–Trinajstić information content (AvgIpc) is 3.20. The fourth-order valence-corrected chi connectivity index (χ4v) is 4.70. The number of imide groups is 1. The fourth-order valence-electron chi connectivity index (χ4n) is 3.86. The minimum absolute atomic E-state index is 0.0429. The second-order valence-corrected chi connectivity index (χ2v) is 9.51. The number of amides is 3. The van der Waals surface area contributed by atoms with E-state index in [1.807, 2.05) is 35.6 Å². The van der Waals surface area contributed by atoms with Crippen LogP contribution in [0.1, 0.15) is 16.7 Å². The van der Waals surface area contributed by atoms with Crippen molar-refractivity contribution in [3.05, 3.63) is 106 Å². The van der Waals surface area contributed by atoms with Crippen molar-refractivity contribution in [3.8, 4) is 11.5 Å². The number of ether oxygens (including phenoxy) is 2. The van der Waals surface area contributed by atoms with E-state index in [-0.39, 0.29) is 4.91 Å². The Bertz CT molecular complexity index is 1510. The van der Waals surface area contributed by atoms with Crippen molar-refractivity contribution in [2.45, 2.75) is 13.0 Å². The van der Waals surface area contributed by atoms with Gasteiger partial charge in [-0.25, -0.2) is 13.2 Å². The smallest absolute Gasteiger partial charge is 0.294 e. The van der Waals surface area contributed by atoms with Gasteiger partial charge in [0.05, 0.1) is 17.7 Å². The molecule has 0 aromatic heterocycles. The van der Waals surface area contributed by atoms with E-state index in [1.165, 1.54) is 13.2 Å². The summed E-state index contributed by atoms with van der Waals surface area (Å²) in [5.74, 6) is -5.56. The second kappa shape index (κ2) is 12.6. The number of nitrogens with one attached hydrogen (secondary N) is 1. The molecule has 1 aliphatic heterocycles. The zero-order chi connectivity index (χ0) is 28.8. The van der Waals surface area contributed by atoms with Crippen LogP contribution in [-0.2, 0) is 22.6 Å². The highest BCUT2D eigenvalue weighted by atomic mass is 32.2. The molecule has 3 aromatic rings. The number of rotatable bonds is 10.